The molecule has 0 aromatic carbocycles. The minimum Gasteiger partial charge on any atom is -0.474 e. The van der Waals surface area contributed by atoms with Crippen LogP contribution in [0.15, 0.2) is 41.7 Å². The molecular formula is C15H15N3O4S. The van der Waals surface area contributed by atoms with Crippen molar-refractivity contribution < 1.29 is 17.9 Å². The van der Waals surface area contributed by atoms with Crippen LogP contribution in [-0.4, -0.2) is 36.7 Å². The topological polar surface area (TPSA) is 98.2 Å². The first kappa shape index (κ1) is 15.4. The summed E-state index contributed by atoms with van der Waals surface area (Å²) in [5.74, 6) is 0.00984. The van der Waals surface area contributed by atoms with Gasteiger partial charge < -0.3 is 10.1 Å². The maximum absolute atomic E-state index is 12.2. The van der Waals surface area contributed by atoms with Crippen molar-refractivity contribution in [3.05, 3.63) is 42.2 Å². The normalized spacial score (nSPS) is 14.3. The Morgan fingerprint density at radius 1 is 1.26 bits per heavy atom. The summed E-state index contributed by atoms with van der Waals surface area (Å²) in [4.78, 5) is 20.1. The van der Waals surface area contributed by atoms with Gasteiger partial charge in [0.15, 0.2) is 14.9 Å². The zero-order chi connectivity index (χ0) is 16.4. The summed E-state index contributed by atoms with van der Waals surface area (Å²) < 4.78 is 28.9. The molecule has 0 atom stereocenters. The van der Waals surface area contributed by atoms with Crippen LogP contribution in [0.1, 0.15) is 23.2 Å². The van der Waals surface area contributed by atoms with Gasteiger partial charge in [-0.2, -0.15) is 0 Å². The molecular weight excluding hydrogens is 318 g/mol. The molecule has 1 fully saturated rings. The molecule has 1 aliphatic rings. The van der Waals surface area contributed by atoms with E-state index in [2.05, 4.69) is 15.3 Å². The van der Waals surface area contributed by atoms with Gasteiger partial charge >= 0.3 is 0 Å². The van der Waals surface area contributed by atoms with Crippen molar-refractivity contribution in [1.29, 1.82) is 0 Å². The number of carbonyl (C=O) groups is 1. The summed E-state index contributed by atoms with van der Waals surface area (Å²) in [6, 6.07) is 6.24. The van der Waals surface area contributed by atoms with Crippen molar-refractivity contribution in [1.82, 2.24) is 9.97 Å². The number of hydrogen-bond donors (Lipinski definition) is 1. The van der Waals surface area contributed by atoms with Crippen LogP contribution in [0.4, 0.5) is 5.69 Å². The molecule has 0 spiro atoms. The van der Waals surface area contributed by atoms with Crippen LogP contribution >= 0.6 is 0 Å². The first-order valence-corrected chi connectivity index (χ1v) is 8.92. The highest BCUT2D eigenvalue weighted by Crippen LogP contribution is 2.25. The number of amides is 1. The van der Waals surface area contributed by atoms with Gasteiger partial charge in [-0.15, -0.1) is 0 Å². The second-order valence-corrected chi connectivity index (χ2v) is 7.22. The molecule has 1 N–H and O–H groups in total. The molecule has 0 bridgehead atoms. The molecule has 23 heavy (non-hydrogen) atoms. The molecule has 1 saturated carbocycles. The number of nitrogens with one attached hydrogen (secondary N) is 1. The molecule has 2 aromatic rings. The number of sulfone groups is 1. The standard InChI is InChI=1S/C15H15N3O4S/c1-23(20,21)15-12(3-2-8-16-15)18-14(19)10-4-7-13(17-9-10)22-11-5-6-11/h2-4,7-9,11H,5-6H2,1H3,(H,18,19). The fraction of sp³-hybridized carbons (Fsp3) is 0.267. The second kappa shape index (κ2) is 5.96. The Balaban J connectivity index is 1.76. The Morgan fingerprint density at radius 2 is 2.04 bits per heavy atom. The van der Waals surface area contributed by atoms with Gasteiger partial charge in [0.2, 0.25) is 5.88 Å². The van der Waals surface area contributed by atoms with E-state index in [1.807, 2.05) is 0 Å². The van der Waals surface area contributed by atoms with E-state index in [0.717, 1.165) is 19.1 Å². The Bertz CT molecular complexity index is 830. The van der Waals surface area contributed by atoms with E-state index in [1.54, 1.807) is 18.2 Å². The van der Waals surface area contributed by atoms with Crippen LogP contribution in [0.25, 0.3) is 0 Å². The van der Waals surface area contributed by atoms with Crippen molar-refractivity contribution in [2.75, 3.05) is 11.6 Å². The lowest BCUT2D eigenvalue weighted by molar-refractivity contribution is 0.102. The number of carbonyl (C=O) groups excluding carboxylic acids is 1. The van der Waals surface area contributed by atoms with Crippen molar-refractivity contribution >= 4 is 21.4 Å². The maximum atomic E-state index is 12.2. The summed E-state index contributed by atoms with van der Waals surface area (Å²) in [5, 5.41) is 2.37. The first-order chi connectivity index (χ1) is 10.9. The van der Waals surface area contributed by atoms with Gasteiger partial charge in [0, 0.05) is 24.7 Å². The van der Waals surface area contributed by atoms with Crippen LogP contribution < -0.4 is 10.1 Å². The van der Waals surface area contributed by atoms with Crippen LogP contribution in [0.2, 0.25) is 0 Å². The maximum Gasteiger partial charge on any atom is 0.257 e. The molecule has 0 saturated heterocycles. The number of ether oxygens (including phenoxy) is 1. The lowest BCUT2D eigenvalue weighted by atomic mass is 10.2. The Hall–Kier alpha value is -2.48. The predicted octanol–water partition coefficient (Wildman–Crippen LogP) is 1.67. The highest BCUT2D eigenvalue weighted by molar-refractivity contribution is 7.90. The SMILES string of the molecule is CS(=O)(=O)c1ncccc1NC(=O)c1ccc(OC2CC2)nc1. The number of aromatic nitrogens is 2. The second-order valence-electron chi connectivity index (χ2n) is 5.28. The summed E-state index contributed by atoms with van der Waals surface area (Å²) in [5.41, 5.74) is 0.440. The Kier molecular flexibility index (Phi) is 3.99. The van der Waals surface area contributed by atoms with Crippen LogP contribution in [0, 0.1) is 0 Å². The third kappa shape index (κ3) is 3.84. The van der Waals surface area contributed by atoms with E-state index >= 15 is 0 Å². The Morgan fingerprint density at radius 3 is 2.65 bits per heavy atom. The van der Waals surface area contributed by atoms with Gasteiger partial charge in [0.1, 0.15) is 6.10 Å². The van der Waals surface area contributed by atoms with E-state index in [-0.39, 0.29) is 16.8 Å². The molecule has 2 aromatic heterocycles. The molecule has 0 radical (unpaired) electrons. The molecule has 0 aliphatic heterocycles. The van der Waals surface area contributed by atoms with E-state index in [4.69, 9.17) is 4.74 Å². The summed E-state index contributed by atoms with van der Waals surface area (Å²) in [6.45, 7) is 0. The molecule has 120 valence electrons. The minimum atomic E-state index is -3.54. The van der Waals surface area contributed by atoms with Gasteiger partial charge in [-0.05, 0) is 31.0 Å². The highest BCUT2D eigenvalue weighted by Gasteiger charge is 2.24. The summed E-state index contributed by atoms with van der Waals surface area (Å²) in [6.07, 6.45) is 6.07. The number of hydrogen-bond acceptors (Lipinski definition) is 6. The first-order valence-electron chi connectivity index (χ1n) is 7.02. The molecule has 8 heteroatoms. The summed E-state index contributed by atoms with van der Waals surface area (Å²) in [7, 11) is -3.54. The molecule has 1 aliphatic carbocycles. The average Bonchev–Trinajstić information content (AvgIpc) is 3.31. The number of rotatable bonds is 5. The largest absolute Gasteiger partial charge is 0.474 e. The highest BCUT2D eigenvalue weighted by atomic mass is 32.2. The van der Waals surface area contributed by atoms with Crippen LogP contribution in [0.3, 0.4) is 0 Å². The smallest absolute Gasteiger partial charge is 0.257 e. The van der Waals surface area contributed by atoms with Gasteiger partial charge in [0.05, 0.1) is 11.3 Å². The Labute approximate surface area is 133 Å². The zero-order valence-electron chi connectivity index (χ0n) is 12.4. The van der Waals surface area contributed by atoms with Crippen LogP contribution in [0.5, 0.6) is 5.88 Å². The number of anilines is 1. The number of nitrogens with zero attached hydrogens (tertiary/aromatic N) is 2. The summed E-state index contributed by atoms with van der Waals surface area (Å²) >= 11 is 0. The fourth-order valence-electron chi connectivity index (χ4n) is 1.92. The molecule has 0 unspecified atom stereocenters. The van der Waals surface area contributed by atoms with E-state index in [9.17, 15) is 13.2 Å². The van der Waals surface area contributed by atoms with Crippen molar-refractivity contribution in [2.45, 2.75) is 24.0 Å². The van der Waals surface area contributed by atoms with E-state index < -0.39 is 15.7 Å². The molecule has 2 heterocycles. The molecule has 7 nitrogen and oxygen atoms in total. The van der Waals surface area contributed by atoms with Gasteiger partial charge in [0.25, 0.3) is 5.91 Å². The van der Waals surface area contributed by atoms with Gasteiger partial charge in [-0.25, -0.2) is 18.4 Å². The number of pyridine rings is 2. The van der Waals surface area contributed by atoms with Crippen molar-refractivity contribution in [2.24, 2.45) is 0 Å². The average molecular weight is 333 g/mol. The quantitative estimate of drug-likeness (QED) is 0.894. The van der Waals surface area contributed by atoms with E-state index in [1.165, 1.54) is 18.5 Å². The lowest BCUT2D eigenvalue weighted by Crippen LogP contribution is -2.15. The zero-order valence-corrected chi connectivity index (χ0v) is 13.2. The lowest BCUT2D eigenvalue weighted by Gasteiger charge is -2.09. The van der Waals surface area contributed by atoms with Crippen molar-refractivity contribution in [3.63, 3.8) is 0 Å². The monoisotopic (exact) mass is 333 g/mol. The molecule has 1 amide bonds. The van der Waals surface area contributed by atoms with E-state index in [0.29, 0.717) is 11.4 Å². The third-order valence-corrected chi connectivity index (χ3v) is 4.21. The van der Waals surface area contributed by atoms with Gasteiger partial charge in [-0.3, -0.25) is 4.79 Å². The fourth-order valence-corrected chi connectivity index (χ4v) is 2.69. The predicted molar refractivity (Wildman–Crippen MR) is 83.2 cm³/mol. The van der Waals surface area contributed by atoms with Crippen LogP contribution in [-0.2, 0) is 9.84 Å². The molecule has 3 rings (SSSR count). The minimum absolute atomic E-state index is 0.137. The van der Waals surface area contributed by atoms with Gasteiger partial charge in [-0.1, -0.05) is 0 Å². The van der Waals surface area contributed by atoms with Crippen molar-refractivity contribution in [3.8, 4) is 5.88 Å². The third-order valence-electron chi connectivity index (χ3n) is 3.18.